The van der Waals surface area contributed by atoms with E-state index in [1.807, 2.05) is 49.4 Å². The molecule has 13 heteroatoms. The van der Waals surface area contributed by atoms with Crippen LogP contribution in [0.1, 0.15) is 43.0 Å². The number of hydrogen-bond donors (Lipinski definition) is 1. The van der Waals surface area contributed by atoms with Crippen LogP contribution < -0.4 is 14.7 Å². The molecule has 3 saturated heterocycles. The number of benzene rings is 2. The molecule has 1 N–H and O–H groups in total. The number of anilines is 3. The predicted molar refractivity (Wildman–Crippen MR) is 171 cm³/mol. The van der Waals surface area contributed by atoms with Crippen LogP contribution in [0, 0.1) is 5.92 Å². The van der Waals surface area contributed by atoms with E-state index in [0.29, 0.717) is 67.9 Å². The molecule has 46 heavy (non-hydrogen) atoms. The maximum absolute atomic E-state index is 16.3. The lowest BCUT2D eigenvalue weighted by atomic mass is 9.82. The minimum Gasteiger partial charge on any atom is -0.396 e. The van der Waals surface area contributed by atoms with Crippen LogP contribution in [0.15, 0.2) is 48.7 Å². The standard InChI is InChI=1S/C33H39FN6O5Si/c1-21-31(46(2,3)34)28(10-14-37-20-23(13-17-41)35-36-37)45-33(21)26-18-25(39-16-12-30(39)43)8-9-27(26)40(32(33)44)19-22-4-6-24(7-5-22)38-15-11-29(38)42/h4-9,18,20-21,28,31,41H,10-17,19H2,1-3H3/t21-,28+,31-,33+/m1/s1. The fraction of sp³-hybridized carbons (Fsp3) is 0.485. The zero-order valence-corrected chi connectivity index (χ0v) is 27.4. The minimum absolute atomic E-state index is 0.0257. The zero-order chi connectivity index (χ0) is 32.4. The highest BCUT2D eigenvalue weighted by atomic mass is 28.4. The lowest BCUT2D eigenvalue weighted by Gasteiger charge is -2.33. The number of rotatable bonds is 10. The average Bonchev–Trinajstić information content (AvgIpc) is 3.65. The molecule has 3 aromatic rings. The van der Waals surface area contributed by atoms with Gasteiger partial charge in [0.1, 0.15) is 0 Å². The number of ether oxygens (including phenoxy) is 1. The summed E-state index contributed by atoms with van der Waals surface area (Å²) in [7, 11) is -3.37. The second-order valence-electron chi connectivity index (χ2n) is 13.4. The van der Waals surface area contributed by atoms with Crippen molar-refractivity contribution in [1.82, 2.24) is 15.0 Å². The maximum atomic E-state index is 16.3. The molecular weight excluding hydrogens is 607 g/mol. The quantitative estimate of drug-likeness (QED) is 0.203. The van der Waals surface area contributed by atoms with Crippen molar-refractivity contribution >= 4 is 43.2 Å². The summed E-state index contributed by atoms with van der Waals surface area (Å²) >= 11 is 0. The van der Waals surface area contributed by atoms with Crippen molar-refractivity contribution in [2.75, 3.05) is 34.4 Å². The zero-order valence-electron chi connectivity index (χ0n) is 26.4. The highest BCUT2D eigenvalue weighted by molar-refractivity contribution is 6.72. The third kappa shape index (κ3) is 4.95. The molecule has 3 fully saturated rings. The number of nitrogens with zero attached hydrogens (tertiary/aromatic N) is 6. The summed E-state index contributed by atoms with van der Waals surface area (Å²) in [5.74, 6) is -0.582. The van der Waals surface area contributed by atoms with Crippen molar-refractivity contribution in [3.63, 3.8) is 0 Å². The van der Waals surface area contributed by atoms with Gasteiger partial charge < -0.3 is 28.7 Å². The number of aliphatic hydroxyl groups is 1. The maximum Gasteiger partial charge on any atom is 0.264 e. The fourth-order valence-corrected chi connectivity index (χ4v) is 10.2. The van der Waals surface area contributed by atoms with Gasteiger partial charge in [-0.2, -0.15) is 0 Å². The van der Waals surface area contributed by atoms with E-state index in [9.17, 15) is 19.5 Å². The number of aryl methyl sites for hydroxylation is 1. The summed E-state index contributed by atoms with van der Waals surface area (Å²) in [4.78, 5) is 44.3. The highest BCUT2D eigenvalue weighted by Crippen LogP contribution is 2.60. The first-order valence-corrected chi connectivity index (χ1v) is 19.0. The van der Waals surface area contributed by atoms with E-state index in [0.717, 1.165) is 11.3 Å². The SMILES string of the molecule is C[C@@H]1[C@@H]([Si](C)(C)F)[C@H](CCn2cc(CCO)nn2)O[C@@]12C(=O)N(Cc1ccc(N3CCC3=O)cc1)c1ccc(N3CCC3=O)cc12. The number of carbonyl (C=O) groups is 3. The molecule has 2 aromatic carbocycles. The molecule has 4 atom stereocenters. The van der Waals surface area contributed by atoms with Crippen LogP contribution in [0.5, 0.6) is 0 Å². The Morgan fingerprint density at radius 3 is 2.30 bits per heavy atom. The largest absolute Gasteiger partial charge is 0.396 e. The Morgan fingerprint density at radius 2 is 1.70 bits per heavy atom. The van der Waals surface area contributed by atoms with Gasteiger partial charge in [-0.15, -0.1) is 5.10 Å². The third-order valence-corrected chi connectivity index (χ3v) is 12.6. The Kier molecular flexibility index (Phi) is 7.60. The van der Waals surface area contributed by atoms with Gasteiger partial charge in [0.25, 0.3) is 5.91 Å². The number of carbonyl (C=O) groups excluding carboxylic acids is 3. The van der Waals surface area contributed by atoms with Gasteiger partial charge in [0.2, 0.25) is 20.2 Å². The Labute approximate surface area is 268 Å². The van der Waals surface area contributed by atoms with E-state index < -0.39 is 31.6 Å². The van der Waals surface area contributed by atoms with Gasteiger partial charge >= 0.3 is 0 Å². The summed E-state index contributed by atoms with van der Waals surface area (Å²) in [6.07, 6.45) is 3.09. The molecule has 11 nitrogen and oxygen atoms in total. The lowest BCUT2D eigenvalue weighted by Crippen LogP contribution is -2.45. The molecule has 1 spiro atoms. The predicted octanol–water partition coefficient (Wildman–Crippen LogP) is 3.70. The summed E-state index contributed by atoms with van der Waals surface area (Å²) in [5.41, 5.74) is 2.56. The smallest absolute Gasteiger partial charge is 0.264 e. The molecule has 3 amide bonds. The first kappa shape index (κ1) is 30.7. The van der Waals surface area contributed by atoms with Crippen molar-refractivity contribution in [3.8, 4) is 0 Å². The number of β-lactam (4-membered cyclic amide) rings is 2. The van der Waals surface area contributed by atoms with E-state index in [2.05, 4.69) is 10.3 Å². The molecular formula is C33H39FN6O5Si. The highest BCUT2D eigenvalue weighted by Gasteiger charge is 2.66. The molecule has 4 aliphatic heterocycles. The summed E-state index contributed by atoms with van der Waals surface area (Å²) in [6, 6.07) is 13.3. The second-order valence-corrected chi connectivity index (χ2v) is 17.2. The monoisotopic (exact) mass is 646 g/mol. The number of fused-ring (bicyclic) bond motifs is 2. The normalized spacial score (nSPS) is 25.8. The number of amides is 3. The summed E-state index contributed by atoms with van der Waals surface area (Å²) in [5, 5.41) is 17.5. The van der Waals surface area contributed by atoms with Crippen LogP contribution in [0.4, 0.5) is 21.2 Å². The van der Waals surface area contributed by atoms with Gasteiger partial charge in [0, 0.05) is 80.1 Å². The van der Waals surface area contributed by atoms with Crippen molar-refractivity contribution < 1.29 is 28.3 Å². The fourth-order valence-electron chi connectivity index (χ4n) is 7.71. The van der Waals surface area contributed by atoms with Gasteiger partial charge in [-0.25, -0.2) is 0 Å². The topological polar surface area (TPSA) is 121 Å². The van der Waals surface area contributed by atoms with E-state index in [1.54, 1.807) is 38.7 Å². The van der Waals surface area contributed by atoms with E-state index in [1.165, 1.54) is 0 Å². The Bertz CT molecular complexity index is 1690. The molecule has 4 aliphatic rings. The first-order valence-electron chi connectivity index (χ1n) is 16.0. The number of halogens is 1. The van der Waals surface area contributed by atoms with Gasteiger partial charge in [-0.1, -0.05) is 24.3 Å². The molecule has 5 heterocycles. The van der Waals surface area contributed by atoms with Gasteiger partial charge in [-0.3, -0.25) is 19.1 Å². The second kappa shape index (κ2) is 11.4. The Morgan fingerprint density at radius 1 is 1.02 bits per heavy atom. The Hall–Kier alpha value is -3.94. The number of hydrogen-bond acceptors (Lipinski definition) is 7. The summed E-state index contributed by atoms with van der Waals surface area (Å²) in [6.45, 7) is 7.26. The Balaban J connectivity index is 1.24. The van der Waals surface area contributed by atoms with E-state index >= 15 is 4.11 Å². The lowest BCUT2D eigenvalue weighted by molar-refractivity contribution is -0.146. The van der Waals surface area contributed by atoms with Crippen LogP contribution in [0.25, 0.3) is 0 Å². The molecule has 0 aliphatic carbocycles. The van der Waals surface area contributed by atoms with Crippen LogP contribution in [0.2, 0.25) is 18.6 Å². The molecule has 7 rings (SSSR count). The molecule has 0 saturated carbocycles. The van der Waals surface area contributed by atoms with E-state index in [-0.39, 0.29) is 30.9 Å². The average molecular weight is 647 g/mol. The van der Waals surface area contributed by atoms with Gasteiger partial charge in [0.15, 0.2) is 5.60 Å². The molecule has 0 radical (unpaired) electrons. The molecule has 0 bridgehead atoms. The molecule has 1 aromatic heterocycles. The first-order chi connectivity index (χ1) is 22.0. The van der Waals surface area contributed by atoms with Crippen LogP contribution >= 0.6 is 0 Å². The van der Waals surface area contributed by atoms with Gasteiger partial charge in [0.05, 0.1) is 24.0 Å². The van der Waals surface area contributed by atoms with Crippen LogP contribution in [-0.4, -0.2) is 72.0 Å². The third-order valence-electron chi connectivity index (χ3n) is 10.1. The van der Waals surface area contributed by atoms with Gasteiger partial charge in [-0.05, 0) is 55.4 Å². The van der Waals surface area contributed by atoms with E-state index in [4.69, 9.17) is 4.74 Å². The van der Waals surface area contributed by atoms with Crippen molar-refractivity contribution in [3.05, 3.63) is 65.5 Å². The molecule has 242 valence electrons. The number of aliphatic hydroxyl groups excluding tert-OH is 1. The van der Waals surface area contributed by atoms with Crippen LogP contribution in [0.3, 0.4) is 0 Å². The number of aromatic nitrogens is 3. The minimum atomic E-state index is -3.37. The molecule has 0 unspecified atom stereocenters. The van der Waals surface area contributed by atoms with Crippen molar-refractivity contribution in [2.45, 2.75) is 76.0 Å². The van der Waals surface area contributed by atoms with Crippen molar-refractivity contribution in [2.24, 2.45) is 5.92 Å². The summed E-state index contributed by atoms with van der Waals surface area (Å²) < 4.78 is 24.9. The van der Waals surface area contributed by atoms with Crippen molar-refractivity contribution in [1.29, 1.82) is 0 Å². The van der Waals surface area contributed by atoms with Crippen LogP contribution in [-0.2, 0) is 44.2 Å².